The number of allylic oxidation sites excluding steroid dienone is 3. The minimum Gasteiger partial charge on any atom is -0.481 e. The Morgan fingerprint density at radius 1 is 0.907 bits per heavy atom. The van der Waals surface area contributed by atoms with E-state index in [1.807, 2.05) is 45.9 Å². The van der Waals surface area contributed by atoms with Gasteiger partial charge in [0.1, 0.15) is 0 Å². The van der Waals surface area contributed by atoms with Crippen LogP contribution in [0.1, 0.15) is 67.3 Å². The van der Waals surface area contributed by atoms with E-state index >= 15 is 0 Å². The summed E-state index contributed by atoms with van der Waals surface area (Å²) in [5, 5.41) is 23.1. The predicted octanol–water partition coefficient (Wildman–Crippen LogP) is 3.14. The lowest BCUT2D eigenvalue weighted by Crippen LogP contribution is -2.16. The number of nitrogens with zero attached hydrogens (tertiary/aromatic N) is 1. The number of hydrogen-bond acceptors (Lipinski definition) is 4. The van der Waals surface area contributed by atoms with Crippen LogP contribution in [0.3, 0.4) is 0 Å². The molecular formula is C33H36N4O6. The van der Waals surface area contributed by atoms with Crippen LogP contribution in [0, 0.1) is 19.8 Å². The molecule has 0 spiro atoms. The maximum Gasteiger partial charge on any atom is 0.303 e. The fraction of sp³-hybridized carbons (Fsp3) is 0.303. The summed E-state index contributed by atoms with van der Waals surface area (Å²) < 4.78 is 0. The molecule has 4 rings (SSSR count). The standard InChI is InChI=1S/C33H36N4O6/c1-7-20-19(6)32(42)37-27(20)14-25-18(5)23(10-12-31(40)41)29(35-25)15-28-22(9-11-30(38)39)17(4)24(34-28)13-26-16(3)21(8-2)33(43)36-26/h7-8,13-15,19,34-35H,2,9-12H2,1,3-6H3,(H,37,42)(H,38,39)(H,40,41)/t19-/m0/s1. The van der Waals surface area contributed by atoms with Crippen LogP contribution in [0.25, 0.3) is 18.2 Å². The van der Waals surface area contributed by atoms with Crippen LogP contribution in [0.5, 0.6) is 0 Å². The van der Waals surface area contributed by atoms with Crippen molar-refractivity contribution in [3.63, 3.8) is 0 Å². The Morgan fingerprint density at radius 3 is 2.14 bits per heavy atom. The fourth-order valence-corrected chi connectivity index (χ4v) is 5.57. The van der Waals surface area contributed by atoms with Crippen molar-refractivity contribution in [2.45, 2.75) is 60.3 Å². The highest BCUT2D eigenvalue weighted by Gasteiger charge is 2.29. The Hall–Kier alpha value is -4.99. The number of aromatic amines is 2. The van der Waals surface area contributed by atoms with E-state index < -0.39 is 11.9 Å². The van der Waals surface area contributed by atoms with E-state index in [-0.39, 0.29) is 43.4 Å². The number of aromatic nitrogens is 2. The second-order valence-corrected chi connectivity index (χ2v) is 10.7. The molecule has 0 aliphatic carbocycles. The van der Waals surface area contributed by atoms with Crippen molar-refractivity contribution in [1.82, 2.24) is 15.3 Å². The van der Waals surface area contributed by atoms with Crippen LogP contribution in [0.4, 0.5) is 0 Å². The third-order valence-electron chi connectivity index (χ3n) is 8.12. The van der Waals surface area contributed by atoms with Crippen LogP contribution in [-0.2, 0) is 32.0 Å². The number of aliphatic carboxylic acids is 2. The highest BCUT2D eigenvalue weighted by Crippen LogP contribution is 2.29. The number of aliphatic imine (C=N–C) groups is 1. The van der Waals surface area contributed by atoms with Gasteiger partial charge in [-0.2, -0.15) is 0 Å². The van der Waals surface area contributed by atoms with Crippen LogP contribution in [-0.4, -0.2) is 49.6 Å². The molecule has 1 fully saturated rings. The van der Waals surface area contributed by atoms with E-state index in [1.54, 1.807) is 13.0 Å². The second kappa shape index (κ2) is 12.5. The number of carboxylic acid groups (broad SMARTS) is 2. The first kappa shape index (κ1) is 31.0. The maximum absolute atomic E-state index is 12.3. The van der Waals surface area contributed by atoms with Gasteiger partial charge >= 0.3 is 11.9 Å². The zero-order chi connectivity index (χ0) is 31.6. The Balaban J connectivity index is 1.91. The average Bonchev–Trinajstić information content (AvgIpc) is 3.59. The van der Waals surface area contributed by atoms with Gasteiger partial charge in [0.05, 0.1) is 11.6 Å². The molecule has 224 valence electrons. The van der Waals surface area contributed by atoms with Crippen LogP contribution >= 0.6 is 0 Å². The van der Waals surface area contributed by atoms with E-state index in [0.717, 1.165) is 33.5 Å². The lowest BCUT2D eigenvalue weighted by atomic mass is 10.00. The van der Waals surface area contributed by atoms with Crippen molar-refractivity contribution in [2.75, 3.05) is 0 Å². The van der Waals surface area contributed by atoms with E-state index in [1.165, 1.54) is 6.08 Å². The van der Waals surface area contributed by atoms with E-state index in [2.05, 4.69) is 26.9 Å². The molecule has 2 aliphatic rings. The first-order valence-electron chi connectivity index (χ1n) is 14.1. The number of carbonyl (C=O) groups is 4. The van der Waals surface area contributed by atoms with Gasteiger partial charge in [0.2, 0.25) is 5.91 Å². The second-order valence-electron chi connectivity index (χ2n) is 10.7. The third-order valence-corrected chi connectivity index (χ3v) is 8.12. The monoisotopic (exact) mass is 584 g/mol. The quantitative estimate of drug-likeness (QED) is 0.288. The maximum atomic E-state index is 12.3. The predicted molar refractivity (Wildman–Crippen MR) is 165 cm³/mol. The summed E-state index contributed by atoms with van der Waals surface area (Å²) in [6.45, 7) is 13.0. The Bertz CT molecular complexity index is 1810. The first-order chi connectivity index (χ1) is 20.4. The zero-order valence-corrected chi connectivity index (χ0v) is 25.0. The number of H-pyrrole nitrogens is 2. The van der Waals surface area contributed by atoms with Crippen LogP contribution in [0.15, 0.2) is 46.1 Å². The third kappa shape index (κ3) is 6.28. The molecule has 0 saturated carbocycles. The molecule has 10 nitrogen and oxygen atoms in total. The molecule has 4 heterocycles. The van der Waals surface area contributed by atoms with Crippen molar-refractivity contribution < 1.29 is 29.4 Å². The molecule has 5 N–H and O–H groups in total. The number of carboxylic acids is 2. The molecule has 10 heteroatoms. The molecule has 2 aliphatic heterocycles. The van der Waals surface area contributed by atoms with Gasteiger partial charge in [-0.15, -0.1) is 0 Å². The lowest BCUT2D eigenvalue weighted by Gasteiger charge is -2.03. The lowest BCUT2D eigenvalue weighted by molar-refractivity contribution is -0.138. The van der Waals surface area contributed by atoms with Crippen LogP contribution < -0.4 is 16.0 Å². The Labute approximate surface area is 249 Å². The molecule has 1 saturated heterocycles. The SMILES string of the molecule is C=CC1=C(C)C(C=c2[nH]c(=Cc3[nH]c(C=C4NC(=O)[C@@H](C)C4=CC)c(C)c3CCC(=O)O)c(CCC(=O)O)c2C)=NC1=O. The summed E-state index contributed by atoms with van der Waals surface area (Å²) in [5.41, 5.74) is 7.87. The smallest absolute Gasteiger partial charge is 0.303 e. The molecule has 0 unspecified atom stereocenters. The molecular weight excluding hydrogens is 548 g/mol. The molecule has 43 heavy (non-hydrogen) atoms. The molecule has 0 radical (unpaired) electrons. The van der Waals surface area contributed by atoms with Crippen molar-refractivity contribution in [3.8, 4) is 0 Å². The van der Waals surface area contributed by atoms with Crippen molar-refractivity contribution in [2.24, 2.45) is 10.9 Å². The minimum absolute atomic E-state index is 0.0802. The molecule has 2 amide bonds. The summed E-state index contributed by atoms with van der Waals surface area (Å²) in [5.74, 6) is -2.59. The van der Waals surface area contributed by atoms with Gasteiger partial charge in [0.15, 0.2) is 0 Å². The largest absolute Gasteiger partial charge is 0.481 e. The summed E-state index contributed by atoms with van der Waals surface area (Å²) in [7, 11) is 0. The van der Waals surface area contributed by atoms with Crippen molar-refractivity contribution in [1.29, 1.82) is 0 Å². The van der Waals surface area contributed by atoms with Gasteiger partial charge in [-0.25, -0.2) is 4.99 Å². The molecule has 0 aromatic carbocycles. The van der Waals surface area contributed by atoms with Gasteiger partial charge < -0.3 is 25.5 Å². The Kier molecular flexibility index (Phi) is 8.99. The number of amides is 2. The van der Waals surface area contributed by atoms with Gasteiger partial charge in [0, 0.05) is 46.2 Å². The summed E-state index contributed by atoms with van der Waals surface area (Å²) in [4.78, 5) is 58.6. The van der Waals surface area contributed by atoms with E-state index in [4.69, 9.17) is 0 Å². The first-order valence-corrected chi connectivity index (χ1v) is 14.1. The molecule has 0 bridgehead atoms. The topological polar surface area (TPSA) is 165 Å². The molecule has 1 atom stereocenters. The number of hydrogen-bond donors (Lipinski definition) is 5. The number of nitrogens with one attached hydrogen (secondary N) is 3. The summed E-state index contributed by atoms with van der Waals surface area (Å²) >= 11 is 0. The van der Waals surface area contributed by atoms with E-state index in [0.29, 0.717) is 38.9 Å². The Morgan fingerprint density at radius 2 is 1.56 bits per heavy atom. The highest BCUT2D eigenvalue weighted by molar-refractivity contribution is 6.31. The minimum atomic E-state index is -0.934. The van der Waals surface area contributed by atoms with Gasteiger partial charge in [-0.3, -0.25) is 19.2 Å². The van der Waals surface area contributed by atoms with Gasteiger partial charge in [-0.05, 0) is 99.1 Å². The number of carbonyl (C=O) groups excluding carboxylic acids is 2. The zero-order valence-electron chi connectivity index (χ0n) is 25.0. The van der Waals surface area contributed by atoms with Gasteiger partial charge in [0.25, 0.3) is 5.91 Å². The summed E-state index contributed by atoms with van der Waals surface area (Å²) in [6.07, 6.45) is 9.23. The molecule has 2 aromatic heterocycles. The fourth-order valence-electron chi connectivity index (χ4n) is 5.57. The number of rotatable bonds is 10. The molecule has 2 aromatic rings. The average molecular weight is 585 g/mol. The highest BCUT2D eigenvalue weighted by atomic mass is 16.4. The normalized spacial score (nSPS) is 19.7. The summed E-state index contributed by atoms with van der Waals surface area (Å²) in [6, 6.07) is 0. The van der Waals surface area contributed by atoms with Crippen molar-refractivity contribution in [3.05, 3.63) is 85.5 Å². The van der Waals surface area contributed by atoms with E-state index in [9.17, 15) is 29.4 Å². The van der Waals surface area contributed by atoms with Gasteiger partial charge in [-0.1, -0.05) is 18.7 Å². The van der Waals surface area contributed by atoms with Crippen molar-refractivity contribution >= 4 is 47.7 Å². The van der Waals surface area contributed by atoms with Crippen LogP contribution in [0.2, 0.25) is 0 Å².